The minimum Gasteiger partial charge on any atom is -0.508 e. The highest BCUT2D eigenvalue weighted by Gasteiger charge is 2.07. The summed E-state index contributed by atoms with van der Waals surface area (Å²) >= 11 is 1.37. The molecule has 1 heterocycles. The van der Waals surface area contributed by atoms with E-state index in [4.69, 9.17) is 4.42 Å². The third-order valence-electron chi connectivity index (χ3n) is 2.25. The van der Waals surface area contributed by atoms with Gasteiger partial charge in [0.2, 0.25) is 0 Å². The first-order valence-electron chi connectivity index (χ1n) is 5.02. The van der Waals surface area contributed by atoms with Gasteiger partial charge in [-0.25, -0.2) is 4.98 Å². The number of aromatic hydroxyl groups is 1. The number of hydrogen-bond acceptors (Lipinski definition) is 5. The van der Waals surface area contributed by atoms with Gasteiger partial charge in [-0.2, -0.15) is 0 Å². The van der Waals surface area contributed by atoms with Crippen LogP contribution in [0.1, 0.15) is 22.8 Å². The third-order valence-corrected chi connectivity index (χ3v) is 3.15. The van der Waals surface area contributed by atoms with E-state index in [1.165, 1.54) is 31.0 Å². The van der Waals surface area contributed by atoms with Gasteiger partial charge in [0.15, 0.2) is 5.78 Å². The number of rotatable bonds is 4. The van der Waals surface area contributed by atoms with Crippen molar-refractivity contribution in [2.45, 2.75) is 17.9 Å². The van der Waals surface area contributed by atoms with Crippen LogP contribution in [0.5, 0.6) is 5.75 Å². The molecule has 2 aromatic rings. The van der Waals surface area contributed by atoms with Crippen LogP contribution < -0.4 is 0 Å². The number of carbonyl (C=O) groups excluding carboxylic acids is 1. The Bertz CT molecular complexity index is 523. The zero-order chi connectivity index (χ0) is 12.3. The van der Waals surface area contributed by atoms with E-state index in [0.29, 0.717) is 22.1 Å². The van der Waals surface area contributed by atoms with Crippen LogP contribution in [0.4, 0.5) is 0 Å². The Morgan fingerprint density at radius 3 is 3.00 bits per heavy atom. The molecule has 1 aromatic heterocycles. The Labute approximate surface area is 103 Å². The van der Waals surface area contributed by atoms with Crippen LogP contribution in [0.15, 0.2) is 40.3 Å². The summed E-state index contributed by atoms with van der Waals surface area (Å²) in [6.07, 6.45) is 3.06. The molecular weight excluding hydrogens is 238 g/mol. The van der Waals surface area contributed by atoms with E-state index < -0.39 is 0 Å². The highest BCUT2D eigenvalue weighted by molar-refractivity contribution is 7.98. The van der Waals surface area contributed by atoms with Crippen LogP contribution in [0.25, 0.3) is 0 Å². The average Bonchev–Trinajstić information content (AvgIpc) is 2.80. The lowest BCUT2D eigenvalue weighted by atomic mass is 10.1. The largest absolute Gasteiger partial charge is 0.508 e. The smallest absolute Gasteiger partial charge is 0.255 e. The molecule has 0 radical (unpaired) electrons. The number of Topliss-reactive ketones (excluding diaryl/α,β-unsaturated/α-hetero) is 1. The molecule has 0 bridgehead atoms. The first kappa shape index (κ1) is 11.7. The second-order valence-corrected chi connectivity index (χ2v) is 4.41. The number of hydrogen-bond donors (Lipinski definition) is 1. The average molecular weight is 249 g/mol. The van der Waals surface area contributed by atoms with Gasteiger partial charge in [-0.1, -0.05) is 11.8 Å². The van der Waals surface area contributed by atoms with Crippen molar-refractivity contribution in [3.05, 3.63) is 41.8 Å². The monoisotopic (exact) mass is 249 g/mol. The van der Waals surface area contributed by atoms with Crippen LogP contribution in [-0.4, -0.2) is 15.9 Å². The van der Waals surface area contributed by atoms with Gasteiger partial charge in [-0.15, -0.1) is 0 Å². The number of phenols is 1. The lowest BCUT2D eigenvalue weighted by molar-refractivity contribution is 0.101. The standard InChI is InChI=1S/C12H11NO3S/c1-8(14)9-2-3-11(15)10(6-9)7-17-12-13-4-5-16-12/h2-6,15H,7H2,1H3. The van der Waals surface area contributed by atoms with E-state index in [1.807, 2.05) is 0 Å². The molecule has 1 aromatic carbocycles. The summed E-state index contributed by atoms with van der Waals surface area (Å²) < 4.78 is 5.08. The number of oxazole rings is 1. The van der Waals surface area contributed by atoms with Crippen molar-refractivity contribution >= 4 is 17.5 Å². The van der Waals surface area contributed by atoms with Crippen molar-refractivity contribution in [3.63, 3.8) is 0 Å². The molecule has 5 heteroatoms. The van der Waals surface area contributed by atoms with Gasteiger partial charge in [-0.3, -0.25) is 4.79 Å². The lowest BCUT2D eigenvalue weighted by Gasteiger charge is -2.04. The highest BCUT2D eigenvalue weighted by atomic mass is 32.2. The SMILES string of the molecule is CC(=O)c1ccc(O)c(CSc2ncco2)c1. The van der Waals surface area contributed by atoms with Gasteiger partial charge in [0, 0.05) is 16.9 Å². The molecule has 0 aliphatic rings. The number of aromatic nitrogens is 1. The number of nitrogens with zero attached hydrogens (tertiary/aromatic N) is 1. The van der Waals surface area contributed by atoms with Crippen molar-refractivity contribution in [2.24, 2.45) is 0 Å². The van der Waals surface area contributed by atoms with E-state index in [2.05, 4.69) is 4.98 Å². The van der Waals surface area contributed by atoms with Gasteiger partial charge in [0.25, 0.3) is 5.22 Å². The maximum absolute atomic E-state index is 11.2. The van der Waals surface area contributed by atoms with Crippen molar-refractivity contribution in [3.8, 4) is 5.75 Å². The van der Waals surface area contributed by atoms with Crippen molar-refractivity contribution < 1.29 is 14.3 Å². The number of phenolic OH excluding ortho intramolecular Hbond substituents is 1. The maximum atomic E-state index is 11.2. The highest BCUT2D eigenvalue weighted by Crippen LogP contribution is 2.27. The molecule has 0 fully saturated rings. The topological polar surface area (TPSA) is 63.3 Å². The van der Waals surface area contributed by atoms with Gasteiger partial charge in [-0.05, 0) is 25.1 Å². The molecule has 4 nitrogen and oxygen atoms in total. The maximum Gasteiger partial charge on any atom is 0.255 e. The Hall–Kier alpha value is -1.75. The van der Waals surface area contributed by atoms with E-state index >= 15 is 0 Å². The summed E-state index contributed by atoms with van der Waals surface area (Å²) in [7, 11) is 0. The predicted octanol–water partition coefficient (Wildman–Crippen LogP) is 2.88. The Balaban J connectivity index is 2.14. The summed E-state index contributed by atoms with van der Waals surface area (Å²) in [5.74, 6) is 0.662. The second kappa shape index (κ2) is 5.05. The molecule has 0 atom stereocenters. The normalized spacial score (nSPS) is 10.4. The molecule has 0 saturated heterocycles. The molecule has 0 amide bonds. The molecule has 0 aliphatic carbocycles. The second-order valence-electron chi connectivity index (χ2n) is 3.49. The van der Waals surface area contributed by atoms with Gasteiger partial charge < -0.3 is 9.52 Å². The third kappa shape index (κ3) is 2.88. The van der Waals surface area contributed by atoms with E-state index in [9.17, 15) is 9.90 Å². The van der Waals surface area contributed by atoms with Gasteiger partial charge >= 0.3 is 0 Å². The molecule has 0 spiro atoms. The zero-order valence-corrected chi connectivity index (χ0v) is 10.0. The fourth-order valence-electron chi connectivity index (χ4n) is 1.34. The summed E-state index contributed by atoms with van der Waals surface area (Å²) in [6, 6.07) is 4.83. The van der Waals surface area contributed by atoms with Crippen molar-refractivity contribution in [1.29, 1.82) is 0 Å². The first-order chi connectivity index (χ1) is 8.16. The predicted molar refractivity (Wildman–Crippen MR) is 64.2 cm³/mol. The summed E-state index contributed by atoms with van der Waals surface area (Å²) in [5, 5.41) is 10.2. The van der Waals surface area contributed by atoms with Crippen LogP contribution in [0.2, 0.25) is 0 Å². The van der Waals surface area contributed by atoms with Crippen LogP contribution >= 0.6 is 11.8 Å². The minimum absolute atomic E-state index is 0.0210. The Morgan fingerprint density at radius 2 is 2.35 bits per heavy atom. The van der Waals surface area contributed by atoms with Crippen molar-refractivity contribution in [1.82, 2.24) is 4.98 Å². The molecule has 0 saturated carbocycles. The summed E-state index contributed by atoms with van der Waals surface area (Å²) in [5.41, 5.74) is 1.28. The van der Waals surface area contributed by atoms with Crippen LogP contribution in [0.3, 0.4) is 0 Å². The molecule has 88 valence electrons. The van der Waals surface area contributed by atoms with Crippen LogP contribution in [0, 0.1) is 0 Å². The number of thioether (sulfide) groups is 1. The molecular formula is C12H11NO3S. The number of benzene rings is 1. The summed E-state index contributed by atoms with van der Waals surface area (Å²) in [4.78, 5) is 15.2. The fourth-order valence-corrected chi connectivity index (χ4v) is 2.11. The lowest BCUT2D eigenvalue weighted by Crippen LogP contribution is -1.93. The molecule has 0 aliphatic heterocycles. The fraction of sp³-hybridized carbons (Fsp3) is 0.167. The van der Waals surface area contributed by atoms with Gasteiger partial charge in [0.05, 0.1) is 6.20 Å². The van der Waals surface area contributed by atoms with E-state index in [-0.39, 0.29) is 11.5 Å². The number of ketones is 1. The van der Waals surface area contributed by atoms with Crippen molar-refractivity contribution in [2.75, 3.05) is 0 Å². The molecule has 1 N–H and O–H groups in total. The van der Waals surface area contributed by atoms with E-state index in [0.717, 1.165) is 0 Å². The van der Waals surface area contributed by atoms with Crippen LogP contribution in [-0.2, 0) is 5.75 Å². The molecule has 0 unspecified atom stereocenters. The summed E-state index contributed by atoms with van der Waals surface area (Å²) in [6.45, 7) is 1.50. The number of carbonyl (C=O) groups is 1. The molecule has 2 rings (SSSR count). The Morgan fingerprint density at radius 1 is 1.53 bits per heavy atom. The zero-order valence-electron chi connectivity index (χ0n) is 9.21. The molecule has 17 heavy (non-hydrogen) atoms. The van der Waals surface area contributed by atoms with Gasteiger partial charge in [0.1, 0.15) is 12.0 Å². The first-order valence-corrected chi connectivity index (χ1v) is 6.00. The van der Waals surface area contributed by atoms with E-state index in [1.54, 1.807) is 18.3 Å². The minimum atomic E-state index is -0.0210. The Kier molecular flexibility index (Phi) is 3.49. The quantitative estimate of drug-likeness (QED) is 0.666.